The third-order valence-corrected chi connectivity index (χ3v) is 4.46. The van der Waals surface area contributed by atoms with Crippen LogP contribution in [-0.4, -0.2) is 41.0 Å². The van der Waals surface area contributed by atoms with Gasteiger partial charge in [0.25, 0.3) is 0 Å². The largest absolute Gasteiger partial charge is 0.456 e. The van der Waals surface area contributed by atoms with E-state index in [1.54, 1.807) is 12.1 Å². The van der Waals surface area contributed by atoms with Crippen molar-refractivity contribution in [2.45, 2.75) is 63.8 Å². The molecule has 1 radical (unpaired) electrons. The van der Waals surface area contributed by atoms with Crippen LogP contribution in [0, 0.1) is 24.1 Å². The maximum Gasteiger partial charge on any atom is 0.216 e. The van der Waals surface area contributed by atoms with Crippen LogP contribution in [0.25, 0.3) is 10.9 Å². The van der Waals surface area contributed by atoms with Gasteiger partial charge in [-0.1, -0.05) is 76.0 Å². The molecule has 6 nitrogen and oxygen atoms in total. The second-order valence-electron chi connectivity index (χ2n) is 6.38. The van der Waals surface area contributed by atoms with Gasteiger partial charge < -0.3 is 9.80 Å². The molecule has 0 atom stereocenters. The van der Waals surface area contributed by atoms with E-state index in [1.165, 1.54) is 23.2 Å². The average molecular weight is 590 g/mol. The second-order valence-corrected chi connectivity index (χ2v) is 6.38. The van der Waals surface area contributed by atoms with Gasteiger partial charge in [-0.3, -0.25) is 22.1 Å². The number of nitro benzene ring substituents is 1. The molecule has 0 amide bonds. The fourth-order valence-corrected chi connectivity index (χ4v) is 3.02. The molecule has 0 N–H and O–H groups in total. The topological polar surface area (TPSA) is 62.5 Å². The van der Waals surface area contributed by atoms with Crippen molar-refractivity contribution in [1.29, 1.82) is 0 Å². The van der Waals surface area contributed by atoms with Crippen molar-refractivity contribution in [1.82, 2.24) is 9.88 Å². The normalized spacial score (nSPS) is 11.1. The van der Waals surface area contributed by atoms with Gasteiger partial charge in [-0.05, 0) is 43.4 Å². The van der Waals surface area contributed by atoms with Gasteiger partial charge in [0.05, 0.1) is 5.52 Å². The van der Waals surface area contributed by atoms with E-state index in [4.69, 9.17) is 0 Å². The Bertz CT molecular complexity index is 925. The predicted molar refractivity (Wildman–Crippen MR) is 163 cm³/mol. The molecular formula is C30H52N4O2Y-2. The van der Waals surface area contributed by atoms with Crippen LogP contribution in [0.3, 0.4) is 0 Å². The standard InChI is InChI=1S/C14H16N3.C7H6NO2.3C2H6.3CH4.Y/c1-16-8-10-17(11-9-16)14-6-2-5-13-12(14)4-3-7-15-13;1-6-3-2-4-7(5-6)8(9)10;3*1-2;;;;/h2-7H,1,8-11H2;2-5H,1H2;3*1-2H3;3*1H4;/q2*-1;;;;;;;. The molecule has 0 unspecified atom stereocenters. The van der Waals surface area contributed by atoms with Gasteiger partial charge in [0, 0.05) is 68.0 Å². The second kappa shape index (κ2) is 27.0. The third-order valence-electron chi connectivity index (χ3n) is 4.46. The predicted octanol–water partition coefficient (Wildman–Crippen LogP) is 8.91. The Labute approximate surface area is 253 Å². The van der Waals surface area contributed by atoms with E-state index in [1.807, 2.05) is 53.8 Å². The van der Waals surface area contributed by atoms with Gasteiger partial charge in [0.1, 0.15) is 0 Å². The number of nitrogens with zero attached hydrogens (tertiary/aromatic N) is 4. The Morgan fingerprint density at radius 3 is 1.86 bits per heavy atom. The smallest absolute Gasteiger partial charge is 0.216 e. The number of non-ortho nitro benzene ring substituents is 1. The van der Waals surface area contributed by atoms with Crippen molar-refractivity contribution < 1.29 is 37.6 Å². The van der Waals surface area contributed by atoms with Crippen molar-refractivity contribution >= 4 is 22.3 Å². The first-order chi connectivity index (χ1) is 16.0. The quantitative estimate of drug-likeness (QED) is 0.170. The Balaban J connectivity index is -0.000000150. The molecule has 0 saturated carbocycles. The van der Waals surface area contributed by atoms with Crippen LogP contribution in [0.1, 0.15) is 69.4 Å². The van der Waals surface area contributed by atoms with Gasteiger partial charge in [-0.25, -0.2) is 0 Å². The van der Waals surface area contributed by atoms with Crippen LogP contribution in [0.2, 0.25) is 0 Å². The van der Waals surface area contributed by atoms with Crippen LogP contribution in [0.5, 0.6) is 0 Å². The molecule has 7 heteroatoms. The SMILES string of the molecule is C.C.C.CC.CC.CC.[CH2-]N1CCN(c2cccc3ncccc23)CC1.[CH2-]c1cccc([N+](=O)[O-])c1.[Y]. The average Bonchev–Trinajstić information content (AvgIpc) is 2.88. The monoisotopic (exact) mass is 589 g/mol. The number of aromatic nitrogens is 1. The minimum atomic E-state index is -0.436. The maximum absolute atomic E-state index is 10.1. The Morgan fingerprint density at radius 1 is 0.838 bits per heavy atom. The molecule has 1 aromatic heterocycles. The first kappa shape index (κ1) is 44.9. The van der Waals surface area contributed by atoms with E-state index in [-0.39, 0.29) is 60.7 Å². The zero-order valence-electron chi connectivity index (χ0n) is 21.7. The number of pyridine rings is 1. The molecule has 1 aliphatic rings. The van der Waals surface area contributed by atoms with Gasteiger partial charge in [0.15, 0.2) is 0 Å². The number of hydrogen-bond donors (Lipinski definition) is 0. The fourth-order valence-electron chi connectivity index (χ4n) is 3.02. The Hall–Kier alpha value is -2.02. The summed E-state index contributed by atoms with van der Waals surface area (Å²) in [6, 6.07) is 16.7. The fraction of sp³-hybridized carbons (Fsp3) is 0.433. The summed E-state index contributed by atoms with van der Waals surface area (Å²) < 4.78 is 0. The summed E-state index contributed by atoms with van der Waals surface area (Å²) in [5.41, 5.74) is 3.12. The van der Waals surface area contributed by atoms with Gasteiger partial charge in [0.2, 0.25) is 5.69 Å². The molecular weight excluding hydrogens is 537 g/mol. The molecule has 4 rings (SSSR count). The van der Waals surface area contributed by atoms with E-state index < -0.39 is 4.92 Å². The van der Waals surface area contributed by atoms with Crippen LogP contribution < -0.4 is 4.90 Å². The summed E-state index contributed by atoms with van der Waals surface area (Å²) >= 11 is 0. The van der Waals surface area contributed by atoms with Crippen LogP contribution in [0.15, 0.2) is 60.8 Å². The minimum Gasteiger partial charge on any atom is -0.456 e. The molecule has 0 spiro atoms. The summed E-state index contributed by atoms with van der Waals surface area (Å²) in [7, 11) is 3.98. The minimum absolute atomic E-state index is 0. The molecule has 3 aromatic rings. The van der Waals surface area contributed by atoms with E-state index in [9.17, 15) is 10.1 Å². The number of piperazine rings is 1. The number of rotatable bonds is 2. The van der Waals surface area contributed by atoms with Crippen LogP contribution >= 0.6 is 0 Å². The van der Waals surface area contributed by atoms with Crippen molar-refractivity contribution in [3.8, 4) is 0 Å². The van der Waals surface area contributed by atoms with Gasteiger partial charge in [-0.2, -0.15) is 18.6 Å². The molecule has 1 aliphatic heterocycles. The number of benzene rings is 2. The summed E-state index contributed by atoms with van der Waals surface area (Å²) in [5, 5.41) is 11.4. The van der Waals surface area contributed by atoms with E-state index in [0.29, 0.717) is 5.56 Å². The molecule has 37 heavy (non-hydrogen) atoms. The van der Waals surface area contributed by atoms with Crippen LogP contribution in [-0.2, 0) is 32.7 Å². The van der Waals surface area contributed by atoms with Crippen molar-refractivity contribution in [3.63, 3.8) is 0 Å². The van der Waals surface area contributed by atoms with Crippen molar-refractivity contribution in [2.24, 2.45) is 0 Å². The Kier molecular flexibility index (Phi) is 32.8. The molecule has 1 fully saturated rings. The van der Waals surface area contributed by atoms with Gasteiger partial charge >= 0.3 is 0 Å². The summed E-state index contributed by atoms with van der Waals surface area (Å²) in [4.78, 5) is 18.6. The maximum atomic E-state index is 10.1. The van der Waals surface area contributed by atoms with Crippen LogP contribution in [0.4, 0.5) is 11.4 Å². The molecule has 2 aromatic carbocycles. The molecule has 0 aliphatic carbocycles. The summed E-state index contributed by atoms with van der Waals surface area (Å²) in [5.74, 6) is 0. The van der Waals surface area contributed by atoms with E-state index in [2.05, 4.69) is 53.0 Å². The molecule has 2 heterocycles. The number of anilines is 1. The van der Waals surface area contributed by atoms with E-state index in [0.717, 1.165) is 31.7 Å². The third kappa shape index (κ3) is 15.7. The number of hydrogen-bond acceptors (Lipinski definition) is 5. The van der Waals surface area contributed by atoms with E-state index >= 15 is 0 Å². The zero-order valence-corrected chi connectivity index (χ0v) is 24.5. The zero-order chi connectivity index (χ0) is 25.2. The molecule has 0 bridgehead atoms. The summed E-state index contributed by atoms with van der Waals surface area (Å²) in [6.45, 7) is 19.7. The van der Waals surface area contributed by atoms with Crippen molar-refractivity contribution in [2.75, 3.05) is 31.1 Å². The first-order valence-corrected chi connectivity index (χ1v) is 11.7. The van der Waals surface area contributed by atoms with Crippen molar-refractivity contribution in [3.05, 3.63) is 90.4 Å². The number of nitro groups is 1. The first-order valence-electron chi connectivity index (χ1n) is 11.7. The Morgan fingerprint density at radius 2 is 1.38 bits per heavy atom. The summed E-state index contributed by atoms with van der Waals surface area (Å²) in [6.07, 6.45) is 1.85. The molecule has 209 valence electrons. The number of fused-ring (bicyclic) bond motifs is 1. The van der Waals surface area contributed by atoms with Gasteiger partial charge in [-0.15, -0.1) is 6.07 Å². The molecule has 1 saturated heterocycles.